The molecule has 1 rings (SSSR count). The number of pyridine rings is 1. The standard InChI is InChI=1S/C11H14N2O5/c1-17-4-5-18-7-10(14)13-9-3-2-8(6-12-9)11(15)16/h2-3,6H,4-5,7H2,1H3,(H,15,16)(H,12,13,14). The third kappa shape index (κ3) is 4.89. The molecule has 0 radical (unpaired) electrons. The Kier molecular flexibility index (Phi) is 5.75. The number of amides is 1. The molecule has 1 aromatic rings. The normalized spacial score (nSPS) is 10.1. The van der Waals surface area contributed by atoms with Gasteiger partial charge in [0.1, 0.15) is 12.4 Å². The molecule has 2 N–H and O–H groups in total. The van der Waals surface area contributed by atoms with E-state index in [4.69, 9.17) is 14.6 Å². The molecule has 98 valence electrons. The van der Waals surface area contributed by atoms with Gasteiger partial charge in [-0.1, -0.05) is 0 Å². The number of carboxylic acid groups (broad SMARTS) is 1. The fourth-order valence-electron chi connectivity index (χ4n) is 1.08. The molecule has 0 aliphatic heterocycles. The van der Waals surface area contributed by atoms with Gasteiger partial charge >= 0.3 is 5.97 Å². The van der Waals surface area contributed by atoms with Crippen molar-refractivity contribution in [3.8, 4) is 0 Å². The summed E-state index contributed by atoms with van der Waals surface area (Å²) in [6.45, 7) is 0.639. The van der Waals surface area contributed by atoms with Gasteiger partial charge in [0.25, 0.3) is 5.91 Å². The van der Waals surface area contributed by atoms with E-state index in [-0.39, 0.29) is 23.9 Å². The van der Waals surface area contributed by atoms with Crippen LogP contribution in [0.15, 0.2) is 18.3 Å². The molecule has 0 aromatic carbocycles. The van der Waals surface area contributed by atoms with Gasteiger partial charge in [-0.25, -0.2) is 9.78 Å². The quantitative estimate of drug-likeness (QED) is 0.683. The monoisotopic (exact) mass is 254 g/mol. The Morgan fingerprint density at radius 2 is 2.17 bits per heavy atom. The number of carboxylic acids is 1. The first-order valence-electron chi connectivity index (χ1n) is 5.19. The van der Waals surface area contributed by atoms with Crippen molar-refractivity contribution in [1.82, 2.24) is 4.98 Å². The zero-order valence-corrected chi connectivity index (χ0v) is 9.88. The molecule has 0 aliphatic carbocycles. The van der Waals surface area contributed by atoms with Crippen LogP contribution in [-0.4, -0.2) is 48.9 Å². The Hall–Kier alpha value is -1.99. The van der Waals surface area contributed by atoms with E-state index < -0.39 is 5.97 Å². The number of carbonyl (C=O) groups excluding carboxylic acids is 1. The van der Waals surface area contributed by atoms with Gasteiger partial charge in [-0.3, -0.25) is 4.79 Å². The van der Waals surface area contributed by atoms with Crippen molar-refractivity contribution in [3.05, 3.63) is 23.9 Å². The largest absolute Gasteiger partial charge is 0.478 e. The number of ether oxygens (including phenoxy) is 2. The van der Waals surface area contributed by atoms with Crippen LogP contribution in [0.3, 0.4) is 0 Å². The summed E-state index contributed by atoms with van der Waals surface area (Å²) in [5, 5.41) is 11.1. The first-order valence-corrected chi connectivity index (χ1v) is 5.19. The molecule has 7 nitrogen and oxygen atoms in total. The Balaban J connectivity index is 2.37. The SMILES string of the molecule is COCCOCC(=O)Nc1ccc(C(=O)O)cn1. The highest BCUT2D eigenvalue weighted by atomic mass is 16.5. The molecule has 0 saturated carbocycles. The minimum absolute atomic E-state index is 0.0596. The lowest BCUT2D eigenvalue weighted by atomic mass is 10.3. The van der Waals surface area contributed by atoms with E-state index in [1.54, 1.807) is 0 Å². The zero-order chi connectivity index (χ0) is 13.4. The predicted molar refractivity (Wildman–Crippen MR) is 62.5 cm³/mol. The highest BCUT2D eigenvalue weighted by molar-refractivity contribution is 5.91. The summed E-state index contributed by atoms with van der Waals surface area (Å²) < 4.78 is 9.76. The number of hydrogen-bond donors (Lipinski definition) is 2. The molecular formula is C11H14N2O5. The molecule has 0 unspecified atom stereocenters. The average Bonchev–Trinajstić information content (AvgIpc) is 2.35. The smallest absolute Gasteiger partial charge is 0.337 e. The summed E-state index contributed by atoms with van der Waals surface area (Å²) >= 11 is 0. The van der Waals surface area contributed by atoms with Crippen LogP contribution in [-0.2, 0) is 14.3 Å². The minimum Gasteiger partial charge on any atom is -0.478 e. The van der Waals surface area contributed by atoms with Crippen LogP contribution < -0.4 is 5.32 Å². The third-order valence-electron chi connectivity index (χ3n) is 1.94. The summed E-state index contributed by atoms with van der Waals surface area (Å²) in [5.74, 6) is -1.15. The molecule has 18 heavy (non-hydrogen) atoms. The molecule has 0 spiro atoms. The molecule has 0 aliphatic rings. The van der Waals surface area contributed by atoms with Gasteiger partial charge in [-0.15, -0.1) is 0 Å². The van der Waals surface area contributed by atoms with Crippen molar-refractivity contribution >= 4 is 17.7 Å². The van der Waals surface area contributed by atoms with Crippen LogP contribution in [0.2, 0.25) is 0 Å². The van der Waals surface area contributed by atoms with Crippen LogP contribution in [0, 0.1) is 0 Å². The number of aromatic carboxylic acids is 1. The van der Waals surface area contributed by atoms with Gasteiger partial charge < -0.3 is 19.9 Å². The summed E-state index contributed by atoms with van der Waals surface area (Å²) in [4.78, 5) is 25.7. The van der Waals surface area contributed by atoms with E-state index in [0.717, 1.165) is 0 Å². The van der Waals surface area contributed by atoms with Crippen molar-refractivity contribution in [2.75, 3.05) is 32.2 Å². The number of aromatic nitrogens is 1. The Bertz CT molecular complexity index is 404. The Morgan fingerprint density at radius 1 is 1.39 bits per heavy atom. The van der Waals surface area contributed by atoms with E-state index in [2.05, 4.69) is 10.3 Å². The number of anilines is 1. The maximum atomic E-state index is 11.4. The lowest BCUT2D eigenvalue weighted by Crippen LogP contribution is -2.20. The van der Waals surface area contributed by atoms with Gasteiger partial charge in [0, 0.05) is 13.3 Å². The molecule has 1 aromatic heterocycles. The van der Waals surface area contributed by atoms with E-state index in [1.807, 2.05) is 0 Å². The van der Waals surface area contributed by atoms with Crippen LogP contribution in [0.5, 0.6) is 0 Å². The lowest BCUT2D eigenvalue weighted by Gasteiger charge is -2.05. The van der Waals surface area contributed by atoms with Crippen molar-refractivity contribution in [2.45, 2.75) is 0 Å². The molecule has 1 amide bonds. The van der Waals surface area contributed by atoms with Crippen LogP contribution in [0.1, 0.15) is 10.4 Å². The van der Waals surface area contributed by atoms with Crippen molar-refractivity contribution in [2.24, 2.45) is 0 Å². The van der Waals surface area contributed by atoms with E-state index >= 15 is 0 Å². The number of nitrogens with zero attached hydrogens (tertiary/aromatic N) is 1. The number of rotatable bonds is 7. The summed E-state index contributed by atoms with van der Waals surface area (Å²) in [7, 11) is 1.54. The summed E-state index contributed by atoms with van der Waals surface area (Å²) in [6.07, 6.45) is 1.17. The number of hydrogen-bond acceptors (Lipinski definition) is 5. The first-order chi connectivity index (χ1) is 8.63. The number of methoxy groups -OCH3 is 1. The van der Waals surface area contributed by atoms with Gasteiger partial charge in [-0.05, 0) is 12.1 Å². The Morgan fingerprint density at radius 3 is 2.72 bits per heavy atom. The average molecular weight is 254 g/mol. The molecular weight excluding hydrogens is 240 g/mol. The van der Waals surface area contributed by atoms with E-state index in [9.17, 15) is 9.59 Å². The fraction of sp³-hybridized carbons (Fsp3) is 0.364. The second kappa shape index (κ2) is 7.36. The molecule has 7 heteroatoms. The van der Waals surface area contributed by atoms with Gasteiger partial charge in [0.15, 0.2) is 0 Å². The van der Waals surface area contributed by atoms with E-state index in [1.165, 1.54) is 25.4 Å². The molecule has 0 saturated heterocycles. The van der Waals surface area contributed by atoms with Crippen molar-refractivity contribution in [3.63, 3.8) is 0 Å². The Labute approximate surface area is 104 Å². The van der Waals surface area contributed by atoms with Crippen molar-refractivity contribution < 1.29 is 24.2 Å². The van der Waals surface area contributed by atoms with Crippen LogP contribution >= 0.6 is 0 Å². The van der Waals surface area contributed by atoms with Gasteiger partial charge in [0.05, 0.1) is 18.8 Å². The van der Waals surface area contributed by atoms with Crippen molar-refractivity contribution in [1.29, 1.82) is 0 Å². The second-order valence-electron chi connectivity index (χ2n) is 3.33. The fourth-order valence-corrected chi connectivity index (χ4v) is 1.08. The maximum absolute atomic E-state index is 11.4. The van der Waals surface area contributed by atoms with Crippen LogP contribution in [0.25, 0.3) is 0 Å². The zero-order valence-electron chi connectivity index (χ0n) is 9.88. The van der Waals surface area contributed by atoms with E-state index in [0.29, 0.717) is 13.2 Å². The highest BCUT2D eigenvalue weighted by Crippen LogP contribution is 2.04. The third-order valence-corrected chi connectivity index (χ3v) is 1.94. The minimum atomic E-state index is -1.07. The number of carbonyl (C=O) groups is 2. The topological polar surface area (TPSA) is 97.8 Å². The molecule has 0 bridgehead atoms. The highest BCUT2D eigenvalue weighted by Gasteiger charge is 2.06. The van der Waals surface area contributed by atoms with Gasteiger partial charge in [0.2, 0.25) is 0 Å². The number of nitrogens with one attached hydrogen (secondary N) is 1. The molecule has 0 fully saturated rings. The maximum Gasteiger partial charge on any atom is 0.337 e. The summed E-state index contributed by atoms with van der Waals surface area (Å²) in [6, 6.07) is 2.77. The van der Waals surface area contributed by atoms with Crippen LogP contribution in [0.4, 0.5) is 5.82 Å². The predicted octanol–water partition coefficient (Wildman–Crippen LogP) is 0.381. The first kappa shape index (κ1) is 14.1. The molecule has 1 heterocycles. The second-order valence-corrected chi connectivity index (χ2v) is 3.33. The summed E-state index contributed by atoms with van der Waals surface area (Å²) in [5.41, 5.74) is 0.0596. The molecule has 0 atom stereocenters. The van der Waals surface area contributed by atoms with Gasteiger partial charge in [-0.2, -0.15) is 0 Å². The lowest BCUT2D eigenvalue weighted by molar-refractivity contribution is -0.121.